The fraction of sp³-hybridized carbons (Fsp3) is 0.148. The molecule has 1 atom stereocenters. The number of phenols is 1. The number of para-hydroxylation sites is 2. The van der Waals surface area contributed by atoms with Gasteiger partial charge in [-0.15, -0.1) is 5.10 Å². The van der Waals surface area contributed by atoms with Gasteiger partial charge in [0.25, 0.3) is 5.91 Å². The third-order valence-electron chi connectivity index (χ3n) is 5.96. The number of methoxy groups -OCH3 is 1. The first-order valence-corrected chi connectivity index (χ1v) is 12.5. The molecule has 0 aliphatic carbocycles. The van der Waals surface area contributed by atoms with E-state index in [4.69, 9.17) is 4.74 Å². The standard InChI is InChI=1S/C27H24FN5O3S/c1-16-23(25(35)30-21-9-5-6-10-22(21)36-2)24(17-11-13-19(34)14-12-17)33-26(29-16)31-27(32-33)37-15-18-7-3-4-8-20(18)28/h3-14,24,34H,15H2,1-2H3,(H,30,35)(H,29,31,32). The predicted molar refractivity (Wildman–Crippen MR) is 140 cm³/mol. The molecule has 0 saturated carbocycles. The molecule has 0 spiro atoms. The van der Waals surface area contributed by atoms with Crippen molar-refractivity contribution in [3.8, 4) is 11.5 Å². The molecule has 2 heterocycles. The van der Waals surface area contributed by atoms with E-state index in [9.17, 15) is 14.3 Å². The lowest BCUT2D eigenvalue weighted by molar-refractivity contribution is -0.113. The van der Waals surface area contributed by atoms with Crippen molar-refractivity contribution in [1.29, 1.82) is 0 Å². The molecule has 3 aromatic carbocycles. The maximum absolute atomic E-state index is 14.1. The first kappa shape index (κ1) is 24.4. The quantitative estimate of drug-likeness (QED) is 0.284. The van der Waals surface area contributed by atoms with Crippen LogP contribution >= 0.6 is 11.8 Å². The number of thioether (sulfide) groups is 1. The monoisotopic (exact) mass is 517 g/mol. The fourth-order valence-electron chi connectivity index (χ4n) is 4.15. The average Bonchev–Trinajstić information content (AvgIpc) is 3.30. The number of allylic oxidation sites excluding steroid dienone is 1. The van der Waals surface area contributed by atoms with Crippen LogP contribution in [0.15, 0.2) is 89.2 Å². The average molecular weight is 518 g/mol. The van der Waals surface area contributed by atoms with E-state index < -0.39 is 6.04 Å². The van der Waals surface area contributed by atoms with E-state index in [0.717, 1.165) is 5.56 Å². The van der Waals surface area contributed by atoms with Crippen molar-refractivity contribution in [2.45, 2.75) is 23.9 Å². The van der Waals surface area contributed by atoms with E-state index in [2.05, 4.69) is 20.7 Å². The minimum absolute atomic E-state index is 0.110. The molecule has 4 aromatic rings. The summed E-state index contributed by atoms with van der Waals surface area (Å²) in [5.41, 5.74) is 2.86. The van der Waals surface area contributed by atoms with Crippen molar-refractivity contribution in [2.24, 2.45) is 0 Å². The van der Waals surface area contributed by atoms with Crippen molar-refractivity contribution >= 4 is 29.3 Å². The Hall–Kier alpha value is -4.31. The van der Waals surface area contributed by atoms with Gasteiger partial charge in [-0.3, -0.25) is 4.79 Å². The third-order valence-corrected chi connectivity index (χ3v) is 6.84. The van der Waals surface area contributed by atoms with Gasteiger partial charge in [-0.25, -0.2) is 9.07 Å². The minimum atomic E-state index is -0.623. The zero-order chi connectivity index (χ0) is 25.9. The van der Waals surface area contributed by atoms with Crippen LogP contribution in [0.25, 0.3) is 0 Å². The van der Waals surface area contributed by atoms with Crippen LogP contribution in [0.4, 0.5) is 16.0 Å². The second-order valence-electron chi connectivity index (χ2n) is 8.35. The second kappa shape index (κ2) is 10.4. The van der Waals surface area contributed by atoms with Crippen LogP contribution in [-0.4, -0.2) is 32.9 Å². The van der Waals surface area contributed by atoms with Gasteiger partial charge >= 0.3 is 0 Å². The Morgan fingerprint density at radius 1 is 1.14 bits per heavy atom. The summed E-state index contributed by atoms with van der Waals surface area (Å²) < 4.78 is 21.1. The van der Waals surface area contributed by atoms with E-state index >= 15 is 0 Å². The van der Waals surface area contributed by atoms with Crippen molar-refractivity contribution in [1.82, 2.24) is 14.8 Å². The molecule has 8 nitrogen and oxygen atoms in total. The van der Waals surface area contributed by atoms with E-state index in [1.165, 1.54) is 17.8 Å². The number of nitrogens with zero attached hydrogens (tertiary/aromatic N) is 3. The van der Waals surface area contributed by atoms with Crippen LogP contribution in [0.1, 0.15) is 24.1 Å². The number of hydrogen-bond donors (Lipinski definition) is 3. The Morgan fingerprint density at radius 2 is 1.86 bits per heavy atom. The van der Waals surface area contributed by atoms with Crippen LogP contribution in [0.3, 0.4) is 0 Å². The molecule has 3 N–H and O–H groups in total. The van der Waals surface area contributed by atoms with Crippen molar-refractivity contribution < 1.29 is 19.0 Å². The maximum atomic E-state index is 14.1. The van der Waals surface area contributed by atoms with Gasteiger partial charge in [0.1, 0.15) is 23.4 Å². The van der Waals surface area contributed by atoms with Gasteiger partial charge in [0.05, 0.1) is 18.4 Å². The van der Waals surface area contributed by atoms with Crippen LogP contribution in [0.2, 0.25) is 0 Å². The topological polar surface area (TPSA) is 101 Å². The summed E-state index contributed by atoms with van der Waals surface area (Å²) >= 11 is 1.30. The van der Waals surface area contributed by atoms with E-state index in [1.807, 2.05) is 12.1 Å². The molecule has 1 aromatic heterocycles. The molecule has 188 valence electrons. The second-order valence-corrected chi connectivity index (χ2v) is 9.30. The summed E-state index contributed by atoms with van der Waals surface area (Å²) in [4.78, 5) is 18.2. The molecular weight excluding hydrogens is 493 g/mol. The van der Waals surface area contributed by atoms with E-state index in [0.29, 0.717) is 45.1 Å². The molecule has 1 aliphatic heterocycles. The number of carbonyl (C=O) groups excluding carboxylic acids is 1. The van der Waals surface area contributed by atoms with Crippen LogP contribution in [0.5, 0.6) is 11.5 Å². The molecule has 5 rings (SSSR count). The lowest BCUT2D eigenvalue weighted by Gasteiger charge is -2.28. The number of carbonyl (C=O) groups is 1. The highest BCUT2D eigenvalue weighted by Gasteiger charge is 2.34. The molecule has 0 radical (unpaired) electrons. The maximum Gasteiger partial charge on any atom is 0.255 e. The van der Waals surface area contributed by atoms with Crippen molar-refractivity contribution in [3.05, 3.63) is 101 Å². The highest BCUT2D eigenvalue weighted by Crippen LogP contribution is 2.38. The Bertz CT molecular complexity index is 1490. The Kier molecular flexibility index (Phi) is 6.82. The molecule has 1 amide bonds. The number of nitrogens with one attached hydrogen (secondary N) is 2. The Balaban J connectivity index is 1.50. The number of ether oxygens (including phenoxy) is 1. The number of amides is 1. The number of rotatable bonds is 7. The summed E-state index contributed by atoms with van der Waals surface area (Å²) in [5.74, 6) is 0.834. The van der Waals surface area contributed by atoms with Crippen molar-refractivity contribution in [2.75, 3.05) is 17.7 Å². The number of hydrogen-bond acceptors (Lipinski definition) is 7. The Morgan fingerprint density at radius 3 is 2.62 bits per heavy atom. The number of phenolic OH excluding ortho intramolecular Hbond substituents is 1. The summed E-state index contributed by atoms with van der Waals surface area (Å²) in [6.07, 6.45) is 0. The lowest BCUT2D eigenvalue weighted by atomic mass is 9.95. The number of fused-ring (bicyclic) bond motifs is 1. The third kappa shape index (κ3) is 5.01. The zero-order valence-corrected chi connectivity index (χ0v) is 20.9. The summed E-state index contributed by atoms with van der Waals surface area (Å²) in [5, 5.41) is 21.1. The summed E-state index contributed by atoms with van der Waals surface area (Å²) in [6, 6.07) is 19.7. The fourth-order valence-corrected chi connectivity index (χ4v) is 4.96. The minimum Gasteiger partial charge on any atom is -0.508 e. The van der Waals surface area contributed by atoms with Gasteiger partial charge in [-0.2, -0.15) is 4.98 Å². The van der Waals surface area contributed by atoms with Gasteiger partial charge in [0, 0.05) is 11.4 Å². The molecule has 0 bridgehead atoms. The van der Waals surface area contributed by atoms with Gasteiger partial charge in [0.15, 0.2) is 0 Å². The largest absolute Gasteiger partial charge is 0.508 e. The van der Waals surface area contributed by atoms with Crippen LogP contribution in [0, 0.1) is 5.82 Å². The smallest absolute Gasteiger partial charge is 0.255 e. The summed E-state index contributed by atoms with van der Waals surface area (Å²) in [6.45, 7) is 1.80. The van der Waals surface area contributed by atoms with E-state index in [-0.39, 0.29) is 17.5 Å². The van der Waals surface area contributed by atoms with Gasteiger partial charge in [0.2, 0.25) is 11.1 Å². The van der Waals surface area contributed by atoms with Gasteiger partial charge < -0.3 is 20.5 Å². The molecule has 1 aliphatic rings. The SMILES string of the molecule is COc1ccccc1NC(=O)C1=C(C)Nc2nc(SCc3ccccc3F)nn2C1c1ccc(O)cc1. The normalized spacial score (nSPS) is 14.6. The van der Waals surface area contributed by atoms with Crippen molar-refractivity contribution in [3.63, 3.8) is 0 Å². The Labute approximate surface area is 217 Å². The van der Waals surface area contributed by atoms with Crippen LogP contribution < -0.4 is 15.4 Å². The van der Waals surface area contributed by atoms with Gasteiger partial charge in [-0.05, 0) is 48.4 Å². The van der Waals surface area contributed by atoms with Crippen LogP contribution in [-0.2, 0) is 10.5 Å². The van der Waals surface area contributed by atoms with Gasteiger partial charge in [-0.1, -0.05) is 54.2 Å². The number of aromatic nitrogens is 3. The highest BCUT2D eigenvalue weighted by molar-refractivity contribution is 7.98. The number of benzene rings is 3. The molecule has 0 saturated heterocycles. The molecule has 1 unspecified atom stereocenters. The number of halogens is 1. The molecule has 0 fully saturated rings. The first-order chi connectivity index (χ1) is 17.9. The summed E-state index contributed by atoms with van der Waals surface area (Å²) in [7, 11) is 1.54. The predicted octanol–water partition coefficient (Wildman–Crippen LogP) is 5.35. The molecular formula is C27H24FN5O3S. The van der Waals surface area contributed by atoms with E-state index in [1.54, 1.807) is 73.3 Å². The molecule has 37 heavy (non-hydrogen) atoms. The first-order valence-electron chi connectivity index (χ1n) is 11.5. The number of anilines is 2. The molecule has 10 heteroatoms. The zero-order valence-electron chi connectivity index (χ0n) is 20.1. The highest BCUT2D eigenvalue weighted by atomic mass is 32.2. The number of aromatic hydroxyl groups is 1. The lowest BCUT2D eigenvalue weighted by Crippen LogP contribution is -2.31.